The minimum absolute atomic E-state index is 0.0432. The van der Waals surface area contributed by atoms with Crippen molar-refractivity contribution in [3.05, 3.63) is 70.8 Å². The van der Waals surface area contributed by atoms with Crippen molar-refractivity contribution in [3.8, 4) is 5.75 Å². The zero-order chi connectivity index (χ0) is 21.7. The first-order valence-corrected chi connectivity index (χ1v) is 11.1. The SMILES string of the molecule is CC(C)(C)c1cc(C=C2C(=O)C3(C)CCC2C3(C)C)ccc1OCc1ccccc1. The molecule has 0 aliphatic heterocycles. The van der Waals surface area contributed by atoms with E-state index >= 15 is 0 Å². The predicted molar refractivity (Wildman–Crippen MR) is 124 cm³/mol. The third-order valence-corrected chi connectivity index (χ3v) is 7.74. The van der Waals surface area contributed by atoms with Gasteiger partial charge < -0.3 is 4.74 Å². The molecular weight excluding hydrogens is 368 g/mol. The molecule has 2 nitrogen and oxygen atoms in total. The zero-order valence-electron chi connectivity index (χ0n) is 19.2. The second-order valence-electron chi connectivity index (χ2n) is 10.9. The van der Waals surface area contributed by atoms with Crippen LogP contribution in [0.5, 0.6) is 5.75 Å². The van der Waals surface area contributed by atoms with Gasteiger partial charge in [-0.15, -0.1) is 0 Å². The van der Waals surface area contributed by atoms with Crippen LogP contribution in [0.4, 0.5) is 0 Å². The highest BCUT2D eigenvalue weighted by Crippen LogP contribution is 2.65. The summed E-state index contributed by atoms with van der Waals surface area (Å²) in [5, 5.41) is 0. The maximum atomic E-state index is 13.2. The van der Waals surface area contributed by atoms with Gasteiger partial charge in [0.15, 0.2) is 5.78 Å². The number of carbonyl (C=O) groups excluding carboxylic acids is 1. The smallest absolute Gasteiger partial charge is 0.165 e. The molecule has 2 aromatic rings. The molecule has 2 aliphatic carbocycles. The fourth-order valence-corrected chi connectivity index (χ4v) is 5.36. The van der Waals surface area contributed by atoms with Gasteiger partial charge in [-0.2, -0.15) is 0 Å². The van der Waals surface area contributed by atoms with Gasteiger partial charge in [-0.05, 0) is 64.5 Å². The van der Waals surface area contributed by atoms with Crippen LogP contribution in [0.15, 0.2) is 54.1 Å². The molecular formula is C28H34O2. The van der Waals surface area contributed by atoms with Crippen molar-refractivity contribution in [2.45, 2.75) is 66.4 Å². The number of allylic oxidation sites excluding steroid dienone is 1. The van der Waals surface area contributed by atoms with Crippen molar-refractivity contribution in [2.24, 2.45) is 16.7 Å². The Bertz CT molecular complexity index is 991. The van der Waals surface area contributed by atoms with Crippen molar-refractivity contribution in [1.29, 1.82) is 0 Å². The average molecular weight is 403 g/mol. The van der Waals surface area contributed by atoms with E-state index in [9.17, 15) is 4.79 Å². The number of hydrogen-bond acceptors (Lipinski definition) is 2. The van der Waals surface area contributed by atoms with Crippen molar-refractivity contribution in [1.82, 2.24) is 0 Å². The normalized spacial score (nSPS) is 26.4. The van der Waals surface area contributed by atoms with E-state index in [1.165, 1.54) is 5.56 Å². The van der Waals surface area contributed by atoms with E-state index in [0.29, 0.717) is 18.3 Å². The number of fused-ring (bicyclic) bond motifs is 2. The van der Waals surface area contributed by atoms with Gasteiger partial charge in [0.25, 0.3) is 0 Å². The number of carbonyl (C=O) groups is 1. The van der Waals surface area contributed by atoms with E-state index in [0.717, 1.165) is 35.3 Å². The first kappa shape index (κ1) is 20.9. The second kappa shape index (κ2) is 7.11. The van der Waals surface area contributed by atoms with Crippen LogP contribution < -0.4 is 4.74 Å². The topological polar surface area (TPSA) is 26.3 Å². The Hall–Kier alpha value is -2.35. The molecule has 2 aliphatic rings. The fourth-order valence-electron chi connectivity index (χ4n) is 5.36. The summed E-state index contributed by atoms with van der Waals surface area (Å²) in [6.45, 7) is 13.9. The summed E-state index contributed by atoms with van der Waals surface area (Å²) in [5.74, 6) is 1.63. The van der Waals surface area contributed by atoms with Gasteiger partial charge in [0, 0.05) is 11.0 Å². The molecule has 2 fully saturated rings. The van der Waals surface area contributed by atoms with Crippen LogP contribution in [0.25, 0.3) is 6.08 Å². The molecule has 2 saturated carbocycles. The molecule has 2 atom stereocenters. The quantitative estimate of drug-likeness (QED) is 0.516. The van der Waals surface area contributed by atoms with Crippen LogP contribution in [0.2, 0.25) is 0 Å². The molecule has 0 aromatic heterocycles. The van der Waals surface area contributed by atoms with Crippen LogP contribution >= 0.6 is 0 Å². The molecule has 2 aromatic carbocycles. The number of ether oxygens (including phenoxy) is 1. The van der Waals surface area contributed by atoms with Gasteiger partial charge in [0.1, 0.15) is 12.4 Å². The molecule has 0 radical (unpaired) electrons. The number of ketones is 1. The Kier molecular flexibility index (Phi) is 4.96. The Morgan fingerprint density at radius 1 is 1.07 bits per heavy atom. The third kappa shape index (κ3) is 3.31. The van der Waals surface area contributed by atoms with E-state index < -0.39 is 0 Å². The number of Topliss-reactive ketones (excluding diaryl/α,β-unsaturated/α-hetero) is 1. The summed E-state index contributed by atoms with van der Waals surface area (Å²) in [6, 6.07) is 16.6. The number of rotatable bonds is 4. The monoisotopic (exact) mass is 402 g/mol. The van der Waals surface area contributed by atoms with Gasteiger partial charge >= 0.3 is 0 Å². The highest BCUT2D eigenvalue weighted by Gasteiger charge is 2.63. The summed E-state index contributed by atoms with van der Waals surface area (Å²) in [4.78, 5) is 13.2. The highest BCUT2D eigenvalue weighted by atomic mass is 16.5. The van der Waals surface area contributed by atoms with Crippen molar-refractivity contribution in [3.63, 3.8) is 0 Å². The lowest BCUT2D eigenvalue weighted by Crippen LogP contribution is -2.32. The molecule has 2 heteroatoms. The van der Waals surface area contributed by atoms with Crippen LogP contribution in [0.3, 0.4) is 0 Å². The molecule has 4 rings (SSSR count). The second-order valence-corrected chi connectivity index (χ2v) is 10.9. The lowest BCUT2D eigenvalue weighted by molar-refractivity contribution is -0.125. The summed E-state index contributed by atoms with van der Waals surface area (Å²) in [6.07, 6.45) is 4.28. The minimum Gasteiger partial charge on any atom is -0.489 e. The fraction of sp³-hybridized carbons (Fsp3) is 0.464. The molecule has 0 N–H and O–H groups in total. The van der Waals surface area contributed by atoms with E-state index in [2.05, 4.69) is 78.0 Å². The standard InChI is InChI=1S/C28H34O2/c1-26(2,3)23-17-20(12-13-24(23)30-18-19-10-8-7-9-11-19)16-21-22-14-15-28(6,25(21)29)27(22,4)5/h7-13,16-17,22H,14-15,18H2,1-6H3. The van der Waals surface area contributed by atoms with Gasteiger partial charge in [-0.1, -0.05) is 77.9 Å². The van der Waals surface area contributed by atoms with Gasteiger partial charge in [-0.25, -0.2) is 0 Å². The van der Waals surface area contributed by atoms with Gasteiger partial charge in [-0.3, -0.25) is 4.79 Å². The average Bonchev–Trinajstić information content (AvgIpc) is 3.01. The maximum absolute atomic E-state index is 13.2. The van der Waals surface area contributed by atoms with E-state index in [4.69, 9.17) is 4.74 Å². The summed E-state index contributed by atoms with van der Waals surface area (Å²) in [5.41, 5.74) is 4.23. The Balaban J connectivity index is 1.66. The molecule has 0 saturated heterocycles. The Morgan fingerprint density at radius 2 is 1.77 bits per heavy atom. The summed E-state index contributed by atoms with van der Waals surface area (Å²) >= 11 is 0. The molecule has 0 amide bonds. The number of hydrogen-bond donors (Lipinski definition) is 0. The Morgan fingerprint density at radius 3 is 2.37 bits per heavy atom. The van der Waals surface area contributed by atoms with Crippen LogP contribution in [0, 0.1) is 16.7 Å². The molecule has 2 bridgehead atoms. The van der Waals surface area contributed by atoms with Gasteiger partial charge in [0.2, 0.25) is 0 Å². The van der Waals surface area contributed by atoms with E-state index in [1.54, 1.807) is 0 Å². The van der Waals surface area contributed by atoms with E-state index in [-0.39, 0.29) is 16.2 Å². The highest BCUT2D eigenvalue weighted by molar-refractivity contribution is 6.08. The third-order valence-electron chi connectivity index (χ3n) is 7.74. The first-order chi connectivity index (χ1) is 14.0. The maximum Gasteiger partial charge on any atom is 0.165 e. The Labute approximate surface area is 181 Å². The zero-order valence-corrected chi connectivity index (χ0v) is 19.2. The number of benzene rings is 2. The lowest BCUT2D eigenvalue weighted by Gasteiger charge is -2.31. The molecule has 158 valence electrons. The van der Waals surface area contributed by atoms with Crippen LogP contribution in [-0.2, 0) is 16.8 Å². The first-order valence-electron chi connectivity index (χ1n) is 11.1. The van der Waals surface area contributed by atoms with Crippen LogP contribution in [0.1, 0.15) is 71.1 Å². The lowest BCUT2D eigenvalue weighted by atomic mass is 9.70. The largest absolute Gasteiger partial charge is 0.489 e. The van der Waals surface area contributed by atoms with E-state index in [1.807, 2.05) is 18.2 Å². The summed E-state index contributed by atoms with van der Waals surface area (Å²) in [7, 11) is 0. The molecule has 2 unspecified atom stereocenters. The molecule has 30 heavy (non-hydrogen) atoms. The van der Waals surface area contributed by atoms with Crippen molar-refractivity contribution < 1.29 is 9.53 Å². The van der Waals surface area contributed by atoms with Crippen LogP contribution in [-0.4, -0.2) is 5.78 Å². The predicted octanol–water partition coefficient (Wildman–Crippen LogP) is 6.97. The molecule has 0 spiro atoms. The van der Waals surface area contributed by atoms with Crippen molar-refractivity contribution >= 4 is 11.9 Å². The van der Waals surface area contributed by atoms with Gasteiger partial charge in [0.05, 0.1) is 0 Å². The minimum atomic E-state index is -0.213. The van der Waals surface area contributed by atoms with Crippen molar-refractivity contribution in [2.75, 3.05) is 0 Å². The molecule has 0 heterocycles. The summed E-state index contributed by atoms with van der Waals surface area (Å²) < 4.78 is 6.21.